The second-order valence-electron chi connectivity index (χ2n) is 7.49. The van der Waals surface area contributed by atoms with E-state index in [1.807, 2.05) is 25.2 Å². The number of nitrogens with two attached hydrogens (primary N) is 1. The lowest BCUT2D eigenvalue weighted by Gasteiger charge is -2.32. The van der Waals surface area contributed by atoms with Crippen molar-refractivity contribution in [2.24, 2.45) is 11.1 Å². The number of carbonyl (C=O) groups is 1. The van der Waals surface area contributed by atoms with Gasteiger partial charge in [0, 0.05) is 6.54 Å². The predicted octanol–water partition coefficient (Wildman–Crippen LogP) is 4.59. The number of amides is 1. The number of nitrogens with one attached hydrogen (secondary N) is 1. The summed E-state index contributed by atoms with van der Waals surface area (Å²) in [5, 5.41) is 2.72. The molecule has 0 aromatic rings. The normalized spacial score (nSPS) is 19.1. The molecule has 0 aliphatic heterocycles. The SMILES string of the molecule is CC(C=CC1=C(C)CCCC1(C)C)=CC=CC(C)=CCNC(=O)CN. The molecule has 0 aromatic carbocycles. The van der Waals surface area contributed by atoms with Crippen LogP contribution >= 0.6 is 0 Å². The molecule has 0 aromatic heterocycles. The molecule has 1 rings (SSSR count). The Hall–Kier alpha value is -1.87. The van der Waals surface area contributed by atoms with Gasteiger partial charge in [0.1, 0.15) is 0 Å². The molecule has 0 fully saturated rings. The van der Waals surface area contributed by atoms with Gasteiger partial charge in [0.05, 0.1) is 6.54 Å². The van der Waals surface area contributed by atoms with Crippen molar-refractivity contribution >= 4 is 5.91 Å². The lowest BCUT2D eigenvalue weighted by atomic mass is 9.72. The summed E-state index contributed by atoms with van der Waals surface area (Å²) in [4.78, 5) is 11.1. The van der Waals surface area contributed by atoms with Gasteiger partial charge in [0.25, 0.3) is 0 Å². The third-order valence-electron chi connectivity index (χ3n) is 4.68. The van der Waals surface area contributed by atoms with E-state index >= 15 is 0 Å². The van der Waals surface area contributed by atoms with E-state index in [2.05, 4.69) is 51.2 Å². The Morgan fingerprint density at radius 2 is 1.96 bits per heavy atom. The second-order valence-corrected chi connectivity index (χ2v) is 7.49. The molecule has 0 spiro atoms. The van der Waals surface area contributed by atoms with Crippen LogP contribution in [0.4, 0.5) is 0 Å². The van der Waals surface area contributed by atoms with Gasteiger partial charge >= 0.3 is 0 Å². The van der Waals surface area contributed by atoms with Gasteiger partial charge in [0.2, 0.25) is 5.91 Å². The third-order valence-corrected chi connectivity index (χ3v) is 4.68. The standard InChI is InChI=1S/C22H34N2O/c1-17(8-6-9-18(2)13-15-24-21(25)16-23)11-12-20-19(3)10-7-14-22(20,4)5/h6,8-9,11-13H,7,10,14-16,23H2,1-5H3,(H,24,25). The highest BCUT2D eigenvalue weighted by Crippen LogP contribution is 2.40. The average Bonchev–Trinajstić information content (AvgIpc) is 2.53. The van der Waals surface area contributed by atoms with Gasteiger partial charge in [-0.25, -0.2) is 0 Å². The molecule has 0 atom stereocenters. The Morgan fingerprint density at radius 3 is 2.60 bits per heavy atom. The zero-order chi connectivity index (χ0) is 18.9. The summed E-state index contributed by atoms with van der Waals surface area (Å²) in [6.07, 6.45) is 16.4. The van der Waals surface area contributed by atoms with Crippen LogP contribution in [-0.4, -0.2) is 19.0 Å². The molecule has 138 valence electrons. The van der Waals surface area contributed by atoms with Crippen molar-refractivity contribution in [3.63, 3.8) is 0 Å². The lowest BCUT2D eigenvalue weighted by molar-refractivity contribution is -0.119. The van der Waals surface area contributed by atoms with Crippen molar-refractivity contribution in [2.45, 2.75) is 53.9 Å². The third kappa shape index (κ3) is 7.70. The molecule has 1 aliphatic rings. The van der Waals surface area contributed by atoms with E-state index in [9.17, 15) is 4.79 Å². The minimum Gasteiger partial charge on any atom is -0.352 e. The molecular weight excluding hydrogens is 308 g/mol. The van der Waals surface area contributed by atoms with Crippen LogP contribution in [0.25, 0.3) is 0 Å². The molecule has 0 saturated carbocycles. The number of allylic oxidation sites excluding steroid dienone is 9. The van der Waals surface area contributed by atoms with E-state index in [1.165, 1.54) is 36.0 Å². The zero-order valence-electron chi connectivity index (χ0n) is 16.5. The Balaban J connectivity index is 2.63. The van der Waals surface area contributed by atoms with Gasteiger partial charge in [-0.1, -0.05) is 67.0 Å². The maximum absolute atomic E-state index is 11.1. The van der Waals surface area contributed by atoms with Crippen LogP contribution in [-0.2, 0) is 4.79 Å². The quantitative estimate of drug-likeness (QED) is 0.665. The summed E-state index contributed by atoms with van der Waals surface area (Å²) in [6, 6.07) is 0. The summed E-state index contributed by atoms with van der Waals surface area (Å²) in [7, 11) is 0. The fourth-order valence-corrected chi connectivity index (χ4v) is 3.10. The molecule has 0 heterocycles. The minimum absolute atomic E-state index is 0.0315. The molecular formula is C22H34N2O. The number of hydrogen-bond acceptors (Lipinski definition) is 2. The van der Waals surface area contributed by atoms with Crippen molar-refractivity contribution in [1.82, 2.24) is 5.32 Å². The van der Waals surface area contributed by atoms with Crippen molar-refractivity contribution in [1.29, 1.82) is 0 Å². The summed E-state index contributed by atoms with van der Waals surface area (Å²) in [5.41, 5.74) is 10.9. The summed E-state index contributed by atoms with van der Waals surface area (Å²) < 4.78 is 0. The van der Waals surface area contributed by atoms with Crippen LogP contribution in [0.1, 0.15) is 53.9 Å². The van der Waals surface area contributed by atoms with Crippen LogP contribution in [0, 0.1) is 5.41 Å². The first-order chi connectivity index (χ1) is 11.8. The van der Waals surface area contributed by atoms with Gasteiger partial charge in [-0.05, 0) is 51.0 Å². The van der Waals surface area contributed by atoms with Crippen LogP contribution in [0.3, 0.4) is 0 Å². The minimum atomic E-state index is -0.135. The van der Waals surface area contributed by atoms with Crippen molar-refractivity contribution in [3.05, 3.63) is 58.7 Å². The first-order valence-corrected chi connectivity index (χ1v) is 9.13. The average molecular weight is 343 g/mol. The topological polar surface area (TPSA) is 55.1 Å². The van der Waals surface area contributed by atoms with Crippen molar-refractivity contribution < 1.29 is 4.79 Å². The fraction of sp³-hybridized carbons (Fsp3) is 0.500. The molecule has 0 saturated heterocycles. The van der Waals surface area contributed by atoms with Crippen molar-refractivity contribution in [2.75, 3.05) is 13.1 Å². The van der Waals surface area contributed by atoms with Gasteiger partial charge in [-0.3, -0.25) is 4.79 Å². The molecule has 3 N–H and O–H groups in total. The number of carbonyl (C=O) groups excluding carboxylic acids is 1. The van der Waals surface area contributed by atoms with Crippen LogP contribution in [0.2, 0.25) is 0 Å². The first kappa shape index (κ1) is 21.2. The highest BCUT2D eigenvalue weighted by atomic mass is 16.1. The summed E-state index contributed by atoms with van der Waals surface area (Å²) >= 11 is 0. The molecule has 3 heteroatoms. The monoisotopic (exact) mass is 342 g/mol. The van der Waals surface area contributed by atoms with E-state index < -0.39 is 0 Å². The maximum Gasteiger partial charge on any atom is 0.233 e. The van der Waals surface area contributed by atoms with Gasteiger partial charge < -0.3 is 11.1 Å². The summed E-state index contributed by atoms with van der Waals surface area (Å²) in [6.45, 7) is 11.6. The van der Waals surface area contributed by atoms with Gasteiger partial charge in [0.15, 0.2) is 0 Å². The van der Waals surface area contributed by atoms with E-state index in [4.69, 9.17) is 5.73 Å². The molecule has 3 nitrogen and oxygen atoms in total. The molecule has 1 amide bonds. The number of rotatable bonds is 7. The van der Waals surface area contributed by atoms with E-state index in [0.29, 0.717) is 6.54 Å². The van der Waals surface area contributed by atoms with E-state index in [0.717, 1.165) is 5.57 Å². The fourth-order valence-electron chi connectivity index (χ4n) is 3.10. The predicted molar refractivity (Wildman–Crippen MR) is 108 cm³/mol. The Morgan fingerprint density at radius 1 is 1.24 bits per heavy atom. The molecule has 0 radical (unpaired) electrons. The largest absolute Gasteiger partial charge is 0.352 e. The van der Waals surface area contributed by atoms with Crippen molar-refractivity contribution in [3.8, 4) is 0 Å². The second kappa shape index (κ2) is 10.2. The van der Waals surface area contributed by atoms with Gasteiger partial charge in [-0.2, -0.15) is 0 Å². The van der Waals surface area contributed by atoms with Crippen LogP contribution in [0.5, 0.6) is 0 Å². The molecule has 25 heavy (non-hydrogen) atoms. The Labute approximate surface area is 153 Å². The Bertz CT molecular complexity index is 616. The highest BCUT2D eigenvalue weighted by Gasteiger charge is 2.26. The summed E-state index contributed by atoms with van der Waals surface area (Å²) in [5.74, 6) is -0.135. The molecule has 0 bridgehead atoms. The zero-order valence-corrected chi connectivity index (χ0v) is 16.5. The highest BCUT2D eigenvalue weighted by molar-refractivity contribution is 5.77. The smallest absolute Gasteiger partial charge is 0.233 e. The molecule has 0 unspecified atom stereocenters. The first-order valence-electron chi connectivity index (χ1n) is 9.13. The van der Waals surface area contributed by atoms with E-state index in [-0.39, 0.29) is 17.9 Å². The van der Waals surface area contributed by atoms with E-state index in [1.54, 1.807) is 0 Å². The lowest BCUT2D eigenvalue weighted by Crippen LogP contribution is -2.30. The number of hydrogen-bond donors (Lipinski definition) is 2. The Kier molecular flexibility index (Phi) is 8.64. The van der Waals surface area contributed by atoms with Crippen LogP contribution < -0.4 is 11.1 Å². The molecule has 1 aliphatic carbocycles. The van der Waals surface area contributed by atoms with Crippen LogP contribution in [0.15, 0.2) is 58.7 Å². The maximum atomic E-state index is 11.1. The van der Waals surface area contributed by atoms with Gasteiger partial charge in [-0.15, -0.1) is 0 Å².